The van der Waals surface area contributed by atoms with Crippen molar-refractivity contribution in [2.75, 3.05) is 0 Å². The number of aliphatic imine (C=N–C) groups is 1. The second-order valence-electron chi connectivity index (χ2n) is 6.23. The van der Waals surface area contributed by atoms with Crippen LogP contribution < -0.4 is 0 Å². The fourth-order valence-electron chi connectivity index (χ4n) is 2.74. The number of ether oxygens (including phenoxy) is 1. The number of hydrogen-bond donors (Lipinski definition) is 0. The first-order valence-corrected chi connectivity index (χ1v) is 8.97. The number of allylic oxidation sites excluding steroid dienone is 1. The van der Waals surface area contributed by atoms with Crippen molar-refractivity contribution in [2.24, 2.45) is 4.99 Å². The molecule has 27 heavy (non-hydrogen) atoms. The van der Waals surface area contributed by atoms with Crippen molar-refractivity contribution in [2.45, 2.75) is 31.9 Å². The molecule has 6 heteroatoms. The Labute approximate surface area is 161 Å². The summed E-state index contributed by atoms with van der Waals surface area (Å²) in [7, 11) is 0. The summed E-state index contributed by atoms with van der Waals surface area (Å²) in [4.78, 5) is 15.4. The van der Waals surface area contributed by atoms with Gasteiger partial charge < -0.3 is 4.74 Å². The van der Waals surface area contributed by atoms with Gasteiger partial charge in [0.15, 0.2) is 0 Å². The van der Waals surface area contributed by atoms with E-state index < -0.39 is 18.1 Å². The van der Waals surface area contributed by atoms with Gasteiger partial charge in [0.2, 0.25) is 0 Å². The van der Waals surface area contributed by atoms with Crippen molar-refractivity contribution >= 4 is 22.7 Å². The molecule has 0 aromatic heterocycles. The molecule has 0 fully saturated rings. The summed E-state index contributed by atoms with van der Waals surface area (Å²) in [5.74, 6) is -3.95. The van der Waals surface area contributed by atoms with Crippen LogP contribution in [0, 0.1) is 0 Å². The van der Waals surface area contributed by atoms with Gasteiger partial charge in [-0.3, -0.25) is 0 Å². The highest BCUT2D eigenvalue weighted by Crippen LogP contribution is 2.30. The summed E-state index contributed by atoms with van der Waals surface area (Å²) >= 11 is 5.51. The van der Waals surface area contributed by atoms with Crippen molar-refractivity contribution in [3.05, 3.63) is 71.8 Å². The maximum Gasteiger partial charge on any atom is 0.341 e. The van der Waals surface area contributed by atoms with Crippen molar-refractivity contribution in [1.29, 1.82) is 0 Å². The van der Waals surface area contributed by atoms with E-state index in [4.69, 9.17) is 11.6 Å². The van der Waals surface area contributed by atoms with Gasteiger partial charge in [-0.15, -0.1) is 0 Å². The lowest BCUT2D eigenvalue weighted by atomic mass is 10.0. The molecule has 0 radical (unpaired) electrons. The molecular weight excluding hydrogens is 372 g/mol. The molecular formula is C21H18ClF2NO2. The zero-order valence-electron chi connectivity index (χ0n) is 14.7. The quantitative estimate of drug-likeness (QED) is 0.491. The smallest absolute Gasteiger partial charge is 0.341 e. The average Bonchev–Trinajstić information content (AvgIpc) is 2.66. The fourth-order valence-corrected chi connectivity index (χ4v) is 2.88. The van der Waals surface area contributed by atoms with E-state index >= 15 is 0 Å². The molecule has 2 aromatic carbocycles. The molecule has 0 spiro atoms. The highest BCUT2D eigenvalue weighted by molar-refractivity contribution is 6.68. The van der Waals surface area contributed by atoms with E-state index in [1.165, 1.54) is 17.7 Å². The van der Waals surface area contributed by atoms with Crippen molar-refractivity contribution in [3.63, 3.8) is 0 Å². The van der Waals surface area contributed by atoms with E-state index in [0.717, 1.165) is 36.1 Å². The molecule has 0 aliphatic carbocycles. The lowest BCUT2D eigenvalue weighted by Crippen LogP contribution is -2.39. The number of dihydropyridines is 1. The predicted octanol–water partition coefficient (Wildman–Crippen LogP) is 5.63. The Balaban J connectivity index is 1.71. The van der Waals surface area contributed by atoms with Crippen LogP contribution >= 0.6 is 11.6 Å². The first-order chi connectivity index (χ1) is 12.9. The monoisotopic (exact) mass is 389 g/mol. The molecule has 0 saturated carbocycles. The molecule has 0 bridgehead atoms. The van der Waals surface area contributed by atoms with Crippen molar-refractivity contribution in [1.82, 2.24) is 0 Å². The molecule has 140 valence electrons. The third-order valence-electron chi connectivity index (χ3n) is 4.21. The normalized spacial score (nSPS) is 21.6. The van der Waals surface area contributed by atoms with E-state index in [-0.39, 0.29) is 10.7 Å². The molecule has 1 aliphatic rings. The standard InChI is InChI=1S/C21H18ClF2NO2/c1-2-3-14-4-6-15(7-5-14)16-8-10-17(11-9-16)19(26)27-21(24)13-12-18(22)25-20(21)23/h4-13,20H,2-3H2,1H3. The average molecular weight is 390 g/mol. The second-order valence-corrected chi connectivity index (χ2v) is 6.62. The van der Waals surface area contributed by atoms with Gasteiger partial charge >= 0.3 is 11.8 Å². The van der Waals surface area contributed by atoms with Gasteiger partial charge in [-0.1, -0.05) is 61.3 Å². The number of benzene rings is 2. The Hall–Kier alpha value is -2.53. The summed E-state index contributed by atoms with van der Waals surface area (Å²) in [6.07, 6.45) is 1.50. The number of carbonyl (C=O) groups is 1. The Bertz CT molecular complexity index is 878. The minimum absolute atomic E-state index is 0.111. The van der Waals surface area contributed by atoms with Crippen LogP contribution in [0.15, 0.2) is 65.7 Å². The molecule has 0 N–H and O–H groups in total. The maximum absolute atomic E-state index is 14.4. The summed E-state index contributed by atoms with van der Waals surface area (Å²) in [5.41, 5.74) is 3.28. The van der Waals surface area contributed by atoms with Gasteiger partial charge in [0, 0.05) is 0 Å². The second kappa shape index (κ2) is 8.01. The van der Waals surface area contributed by atoms with E-state index in [9.17, 15) is 13.6 Å². The summed E-state index contributed by atoms with van der Waals surface area (Å²) in [6.45, 7) is 2.13. The molecule has 2 aromatic rings. The van der Waals surface area contributed by atoms with E-state index in [1.807, 2.05) is 12.1 Å². The molecule has 3 nitrogen and oxygen atoms in total. The minimum atomic E-state index is -2.97. The first kappa shape index (κ1) is 19.2. The van der Waals surface area contributed by atoms with E-state index in [1.54, 1.807) is 12.1 Å². The Kier molecular flexibility index (Phi) is 5.71. The molecule has 3 rings (SSSR count). The third-order valence-corrected chi connectivity index (χ3v) is 4.43. The molecule has 0 amide bonds. The van der Waals surface area contributed by atoms with Gasteiger partial charge in [-0.2, -0.15) is 4.39 Å². The van der Waals surface area contributed by atoms with E-state index in [2.05, 4.69) is 28.8 Å². The van der Waals surface area contributed by atoms with Crippen LogP contribution in [0.5, 0.6) is 0 Å². The largest absolute Gasteiger partial charge is 0.416 e. The van der Waals surface area contributed by atoms with Gasteiger partial charge in [-0.05, 0) is 47.4 Å². The first-order valence-electron chi connectivity index (χ1n) is 8.59. The molecule has 0 saturated heterocycles. The van der Waals surface area contributed by atoms with Crippen LogP contribution in [-0.2, 0) is 11.2 Å². The van der Waals surface area contributed by atoms with Crippen molar-refractivity contribution < 1.29 is 18.3 Å². The Morgan fingerprint density at radius 3 is 2.30 bits per heavy atom. The van der Waals surface area contributed by atoms with Crippen LogP contribution in [0.4, 0.5) is 8.78 Å². The summed E-state index contributed by atoms with van der Waals surface area (Å²) < 4.78 is 32.9. The highest BCUT2D eigenvalue weighted by atomic mass is 35.5. The topological polar surface area (TPSA) is 38.7 Å². The van der Waals surface area contributed by atoms with Crippen LogP contribution in [-0.4, -0.2) is 23.3 Å². The van der Waals surface area contributed by atoms with Crippen LogP contribution in [0.25, 0.3) is 11.1 Å². The molecule has 1 aliphatic heterocycles. The van der Waals surface area contributed by atoms with Crippen molar-refractivity contribution in [3.8, 4) is 11.1 Å². The SMILES string of the molecule is CCCc1ccc(-c2ccc(C(=O)OC3(F)C=CC(Cl)=NC3F)cc2)cc1. The fraction of sp³-hybridized carbons (Fsp3) is 0.238. The Morgan fingerprint density at radius 1 is 1.15 bits per heavy atom. The van der Waals surface area contributed by atoms with Crippen LogP contribution in [0.3, 0.4) is 0 Å². The Morgan fingerprint density at radius 2 is 1.74 bits per heavy atom. The number of nitrogens with zero attached hydrogens (tertiary/aromatic N) is 1. The summed E-state index contributed by atoms with van der Waals surface area (Å²) in [6, 6.07) is 14.6. The maximum atomic E-state index is 14.4. The minimum Gasteiger partial charge on any atom is -0.416 e. The number of esters is 1. The lowest BCUT2D eigenvalue weighted by Gasteiger charge is -2.25. The van der Waals surface area contributed by atoms with Gasteiger partial charge in [0.1, 0.15) is 5.17 Å². The lowest BCUT2D eigenvalue weighted by molar-refractivity contribution is -0.112. The molecule has 2 atom stereocenters. The van der Waals surface area contributed by atoms with E-state index in [0.29, 0.717) is 0 Å². The molecule has 1 heterocycles. The van der Waals surface area contributed by atoms with Gasteiger partial charge in [-0.25, -0.2) is 14.2 Å². The molecule has 2 unspecified atom stereocenters. The zero-order chi connectivity index (χ0) is 19.4. The van der Waals surface area contributed by atoms with Crippen LogP contribution in [0.2, 0.25) is 0 Å². The zero-order valence-corrected chi connectivity index (χ0v) is 15.4. The number of carbonyl (C=O) groups excluding carboxylic acids is 1. The number of halogens is 3. The van der Waals surface area contributed by atoms with Gasteiger partial charge in [0.05, 0.1) is 5.56 Å². The summed E-state index contributed by atoms with van der Waals surface area (Å²) in [5, 5.41) is -0.193. The van der Waals surface area contributed by atoms with Gasteiger partial charge in [0.25, 0.3) is 6.30 Å². The number of aryl methyl sites for hydroxylation is 1. The number of alkyl halides is 2. The number of hydrogen-bond acceptors (Lipinski definition) is 3. The third kappa shape index (κ3) is 4.42. The van der Waals surface area contributed by atoms with Crippen LogP contribution in [0.1, 0.15) is 29.3 Å². The number of rotatable bonds is 5. The predicted molar refractivity (Wildman–Crippen MR) is 102 cm³/mol. The highest BCUT2D eigenvalue weighted by Gasteiger charge is 2.43.